The molecule has 0 saturated carbocycles. The molecule has 2 fully saturated rings. The van der Waals surface area contributed by atoms with Gasteiger partial charge < -0.3 is 40.8 Å². The molecular formula is C40H46ClN8NaO8. The number of aliphatic hydroxyl groups is 1. The summed E-state index contributed by atoms with van der Waals surface area (Å²) in [7, 11) is 0. The number of ether oxygens (including phenoxy) is 3. The van der Waals surface area contributed by atoms with Crippen molar-refractivity contribution in [3.63, 3.8) is 0 Å². The van der Waals surface area contributed by atoms with E-state index in [2.05, 4.69) is 19.9 Å². The summed E-state index contributed by atoms with van der Waals surface area (Å²) >= 11 is 5.77. The van der Waals surface area contributed by atoms with Gasteiger partial charge in [-0.25, -0.2) is 29.5 Å². The van der Waals surface area contributed by atoms with E-state index in [1.54, 1.807) is 58.3 Å². The molecule has 302 valence electrons. The number of hydrogen-bond acceptors (Lipinski definition) is 14. The third kappa shape index (κ3) is 14.3. The Hall–Kier alpha value is -5.23. The van der Waals surface area contributed by atoms with Crippen LogP contribution >= 0.6 is 11.6 Å². The van der Waals surface area contributed by atoms with Crippen LogP contribution in [0.5, 0.6) is 17.4 Å². The molecule has 6 rings (SSSR count). The van der Waals surface area contributed by atoms with Gasteiger partial charge in [0.2, 0.25) is 5.69 Å². The number of phenols is 2. The number of nitriles is 2. The number of nitrogens with zero attached hydrogens (tertiary/aromatic N) is 8. The first-order chi connectivity index (χ1) is 26.9. The minimum Gasteiger partial charge on any atom is -1.00 e. The zero-order chi connectivity index (χ0) is 41.9. The summed E-state index contributed by atoms with van der Waals surface area (Å²) in [6.07, 6.45) is 2.34. The van der Waals surface area contributed by atoms with Gasteiger partial charge in [0.05, 0.1) is 30.4 Å². The maximum Gasteiger partial charge on any atom is 1.00 e. The summed E-state index contributed by atoms with van der Waals surface area (Å²) in [6.45, 7) is 13.8. The van der Waals surface area contributed by atoms with E-state index < -0.39 is 11.2 Å². The SMILES string of the molecule is CC(C)(C)OC(=O)N1CC(CO)C1.CC(C)(C)OC(=O)N1CC(COc2nc(-c3ccc(O)cc3)cnc2C#N)C1.N#Cc1ncc(-c2ccc(O)cc2)nc1Cl.[H-].[Na+]. The molecule has 2 aliphatic heterocycles. The molecule has 2 aromatic carbocycles. The van der Waals surface area contributed by atoms with Crippen LogP contribution < -0.4 is 34.3 Å². The van der Waals surface area contributed by atoms with Gasteiger partial charge in [0, 0.05) is 55.7 Å². The number of amides is 2. The standard InChI is InChI=1S/C20H22N4O4.C11H6ClN3O.C9H17NO3.Na.H/c1-20(2,3)28-19(26)24-10-13(11-24)12-27-18-16(8-21)22-9-17(23-18)14-4-6-15(25)7-5-14;12-11-9(5-13)14-6-10(15-11)7-1-3-8(16)4-2-7;1-9(2,3)13-8(12)10-4-7(5-10)6-11;;/h4-7,9,13,25H,10-12H2,1-3H3;1-4,6,16H;7,11H,4-6H2,1-3H3;;/q;;;+1;-1. The van der Waals surface area contributed by atoms with Crippen molar-refractivity contribution >= 4 is 23.8 Å². The van der Waals surface area contributed by atoms with E-state index in [9.17, 15) is 20.0 Å². The molecule has 2 aromatic heterocycles. The van der Waals surface area contributed by atoms with Gasteiger partial charge in [-0.15, -0.1) is 0 Å². The van der Waals surface area contributed by atoms with Gasteiger partial charge in [-0.2, -0.15) is 10.5 Å². The van der Waals surface area contributed by atoms with Crippen LogP contribution in [-0.4, -0.2) is 108 Å². The van der Waals surface area contributed by atoms with Crippen molar-refractivity contribution in [2.24, 2.45) is 11.8 Å². The summed E-state index contributed by atoms with van der Waals surface area (Å²) in [5, 5.41) is 45.2. The van der Waals surface area contributed by atoms with Crippen molar-refractivity contribution in [3.8, 4) is 52.0 Å². The van der Waals surface area contributed by atoms with Crippen LogP contribution in [0.25, 0.3) is 22.5 Å². The number of aromatic hydroxyl groups is 2. The monoisotopic (exact) mass is 824 g/mol. The second kappa shape index (κ2) is 21.0. The fourth-order valence-electron chi connectivity index (χ4n) is 5.04. The molecule has 2 aliphatic rings. The van der Waals surface area contributed by atoms with E-state index in [0.29, 0.717) is 44.2 Å². The van der Waals surface area contributed by atoms with E-state index in [1.165, 1.54) is 12.4 Å². The van der Waals surface area contributed by atoms with Crippen LogP contribution in [0.15, 0.2) is 60.9 Å². The molecule has 2 amide bonds. The quantitative estimate of drug-likeness (QED) is 0.237. The Morgan fingerprint density at radius 1 is 0.759 bits per heavy atom. The number of carbonyl (C=O) groups is 2. The number of benzene rings is 2. The van der Waals surface area contributed by atoms with Gasteiger partial charge >= 0.3 is 41.7 Å². The number of halogens is 1. The predicted octanol–water partition coefficient (Wildman–Crippen LogP) is 3.30. The minimum absolute atomic E-state index is 0. The van der Waals surface area contributed by atoms with E-state index in [0.717, 1.165) is 11.1 Å². The Labute approximate surface area is 365 Å². The van der Waals surface area contributed by atoms with Crippen LogP contribution in [0.2, 0.25) is 5.15 Å². The summed E-state index contributed by atoms with van der Waals surface area (Å²) in [5.41, 5.74) is 1.87. The first kappa shape index (κ1) is 47.1. The predicted molar refractivity (Wildman–Crippen MR) is 209 cm³/mol. The van der Waals surface area contributed by atoms with Gasteiger partial charge in [0.25, 0.3) is 5.88 Å². The molecule has 0 aliphatic carbocycles. The number of aliphatic hydroxyl groups excluding tert-OH is 1. The molecule has 0 radical (unpaired) electrons. The van der Waals surface area contributed by atoms with Crippen molar-refractivity contribution in [1.29, 1.82) is 10.5 Å². The number of likely N-dealkylation sites (tertiary alicyclic amines) is 2. The van der Waals surface area contributed by atoms with E-state index in [-0.39, 0.29) is 95.5 Å². The zero-order valence-corrected chi connectivity index (χ0v) is 36.3. The molecule has 0 atom stereocenters. The van der Waals surface area contributed by atoms with Crippen LogP contribution in [0, 0.1) is 34.5 Å². The number of carbonyl (C=O) groups excluding carboxylic acids is 2. The smallest absolute Gasteiger partial charge is 1.00 e. The molecule has 0 spiro atoms. The van der Waals surface area contributed by atoms with Gasteiger partial charge in [0.15, 0.2) is 10.8 Å². The molecular weight excluding hydrogens is 779 g/mol. The summed E-state index contributed by atoms with van der Waals surface area (Å²) < 4.78 is 16.2. The molecule has 0 unspecified atom stereocenters. The van der Waals surface area contributed by atoms with Gasteiger partial charge in [0.1, 0.15) is 34.8 Å². The largest absolute Gasteiger partial charge is 1.00 e. The summed E-state index contributed by atoms with van der Waals surface area (Å²) in [4.78, 5) is 42.9. The topological polar surface area (TPSA) is 228 Å². The summed E-state index contributed by atoms with van der Waals surface area (Å²) in [5.74, 6) is 0.868. The second-order valence-electron chi connectivity index (χ2n) is 15.1. The van der Waals surface area contributed by atoms with E-state index in [4.69, 9.17) is 41.3 Å². The molecule has 4 aromatic rings. The van der Waals surface area contributed by atoms with Gasteiger partial charge in [-0.05, 0) is 90.1 Å². The molecule has 4 heterocycles. The molecule has 0 bridgehead atoms. The Balaban J connectivity index is 0.000000329. The molecule has 58 heavy (non-hydrogen) atoms. The van der Waals surface area contributed by atoms with Crippen molar-refractivity contribution in [1.82, 2.24) is 29.7 Å². The fourth-order valence-corrected chi connectivity index (χ4v) is 5.22. The third-order valence-corrected chi connectivity index (χ3v) is 8.20. The first-order valence-electron chi connectivity index (χ1n) is 17.9. The molecule has 18 heteroatoms. The number of rotatable bonds is 6. The fraction of sp³-hybridized carbons (Fsp3) is 0.400. The number of aromatic nitrogens is 4. The third-order valence-electron chi connectivity index (χ3n) is 7.94. The zero-order valence-electron chi connectivity index (χ0n) is 34.5. The van der Waals surface area contributed by atoms with Crippen LogP contribution in [0.4, 0.5) is 9.59 Å². The first-order valence-corrected chi connectivity index (χ1v) is 18.2. The van der Waals surface area contributed by atoms with Crippen molar-refractivity contribution in [3.05, 3.63) is 77.5 Å². The maximum atomic E-state index is 12.0. The van der Waals surface area contributed by atoms with Crippen molar-refractivity contribution < 1.29 is 70.1 Å². The molecule has 3 N–H and O–H groups in total. The number of hydrogen-bond donors (Lipinski definition) is 3. The second-order valence-corrected chi connectivity index (χ2v) is 15.5. The van der Waals surface area contributed by atoms with Crippen LogP contribution in [0.1, 0.15) is 54.4 Å². The van der Waals surface area contributed by atoms with Crippen LogP contribution in [-0.2, 0) is 9.47 Å². The average Bonchev–Trinajstić information content (AvgIpc) is 3.10. The normalized spacial score (nSPS) is 13.6. The Kier molecular flexibility index (Phi) is 17.0. The van der Waals surface area contributed by atoms with Crippen LogP contribution in [0.3, 0.4) is 0 Å². The molecule has 2 saturated heterocycles. The van der Waals surface area contributed by atoms with Gasteiger partial charge in [-0.1, -0.05) is 11.6 Å². The van der Waals surface area contributed by atoms with Crippen molar-refractivity contribution in [2.75, 3.05) is 39.4 Å². The summed E-state index contributed by atoms with van der Waals surface area (Å²) in [6, 6.07) is 16.8. The van der Waals surface area contributed by atoms with Crippen molar-refractivity contribution in [2.45, 2.75) is 52.7 Å². The van der Waals surface area contributed by atoms with E-state index >= 15 is 0 Å². The van der Waals surface area contributed by atoms with E-state index in [1.807, 2.05) is 53.7 Å². The van der Waals surface area contributed by atoms with Gasteiger partial charge in [-0.3, -0.25) is 0 Å². The maximum absolute atomic E-state index is 12.0. The number of phenolic OH excluding ortho intramolecular Hbond substituents is 2. The minimum atomic E-state index is -0.523. The molecule has 16 nitrogen and oxygen atoms in total. The Bertz CT molecular complexity index is 2090. The Morgan fingerprint density at radius 2 is 1.17 bits per heavy atom. The Morgan fingerprint density at radius 3 is 1.57 bits per heavy atom. The average molecular weight is 825 g/mol.